The molecule has 0 spiro atoms. The molecule has 0 amide bonds. The molecule has 0 radical (unpaired) electrons. The molecule has 14 heavy (non-hydrogen) atoms. The number of furan rings is 1. The molecule has 1 N–H and O–H groups in total. The van der Waals surface area contributed by atoms with Gasteiger partial charge >= 0.3 is 0 Å². The molecule has 1 aromatic heterocycles. The van der Waals surface area contributed by atoms with Crippen LogP contribution in [0.3, 0.4) is 0 Å². The average Bonchev–Trinajstić information content (AvgIpc) is 2.55. The Morgan fingerprint density at radius 3 is 2.79 bits per heavy atom. The SMILES string of the molecule is N=Cc1c(/C=C\I)oc2ccccc12. The van der Waals surface area contributed by atoms with Crippen molar-refractivity contribution in [1.29, 1.82) is 5.41 Å². The summed E-state index contributed by atoms with van der Waals surface area (Å²) in [6, 6.07) is 7.75. The van der Waals surface area contributed by atoms with Crippen LogP contribution in [-0.4, -0.2) is 6.21 Å². The summed E-state index contributed by atoms with van der Waals surface area (Å²) < 4.78 is 7.47. The fourth-order valence-electron chi connectivity index (χ4n) is 1.41. The minimum absolute atomic E-state index is 0.746. The van der Waals surface area contributed by atoms with Crippen LogP contribution in [0.4, 0.5) is 0 Å². The zero-order valence-electron chi connectivity index (χ0n) is 7.33. The van der Waals surface area contributed by atoms with E-state index >= 15 is 0 Å². The van der Waals surface area contributed by atoms with Gasteiger partial charge in [0.25, 0.3) is 0 Å². The lowest BCUT2D eigenvalue weighted by Gasteiger charge is -1.87. The molecule has 0 unspecified atom stereocenters. The van der Waals surface area contributed by atoms with E-state index in [1.807, 2.05) is 34.4 Å². The van der Waals surface area contributed by atoms with Gasteiger partial charge in [0.2, 0.25) is 0 Å². The normalized spacial score (nSPS) is 11.2. The standard InChI is InChI=1S/C11H8INO/c12-6-5-11-9(7-13)8-3-1-2-4-10(8)14-11/h1-7,13H/b6-5-,13-7?. The Balaban J connectivity index is 2.78. The van der Waals surface area contributed by atoms with Gasteiger partial charge in [-0.15, -0.1) is 0 Å². The first kappa shape index (κ1) is 9.45. The lowest BCUT2D eigenvalue weighted by Crippen LogP contribution is -1.78. The third-order valence-corrected chi connectivity index (χ3v) is 2.38. The van der Waals surface area contributed by atoms with Gasteiger partial charge in [0.05, 0.1) is 0 Å². The highest BCUT2D eigenvalue weighted by molar-refractivity contribution is 14.1. The molecule has 0 aliphatic heterocycles. The zero-order valence-corrected chi connectivity index (χ0v) is 9.49. The van der Waals surface area contributed by atoms with Crippen LogP contribution < -0.4 is 0 Å². The number of hydrogen-bond acceptors (Lipinski definition) is 2. The molecule has 0 saturated heterocycles. The van der Waals surface area contributed by atoms with Crippen LogP contribution in [0.2, 0.25) is 0 Å². The lowest BCUT2D eigenvalue weighted by atomic mass is 10.1. The third-order valence-electron chi connectivity index (χ3n) is 2.02. The van der Waals surface area contributed by atoms with Gasteiger partial charge in [0.1, 0.15) is 11.3 Å². The van der Waals surface area contributed by atoms with Gasteiger partial charge in [-0.05, 0) is 16.2 Å². The second kappa shape index (κ2) is 3.96. The van der Waals surface area contributed by atoms with E-state index < -0.39 is 0 Å². The van der Waals surface area contributed by atoms with Gasteiger partial charge in [-0.1, -0.05) is 40.8 Å². The average molecular weight is 297 g/mol. The maximum atomic E-state index is 7.34. The quantitative estimate of drug-likeness (QED) is 0.663. The number of rotatable bonds is 2. The van der Waals surface area contributed by atoms with E-state index in [0.717, 1.165) is 22.3 Å². The third kappa shape index (κ3) is 1.48. The van der Waals surface area contributed by atoms with Crippen LogP contribution in [0.5, 0.6) is 0 Å². The highest BCUT2D eigenvalue weighted by atomic mass is 127. The Morgan fingerprint density at radius 1 is 1.29 bits per heavy atom. The monoisotopic (exact) mass is 297 g/mol. The fraction of sp³-hybridized carbons (Fsp3) is 0. The van der Waals surface area contributed by atoms with Crippen molar-refractivity contribution in [3.63, 3.8) is 0 Å². The van der Waals surface area contributed by atoms with Crippen LogP contribution in [-0.2, 0) is 0 Å². The van der Waals surface area contributed by atoms with E-state index in [-0.39, 0.29) is 0 Å². The lowest BCUT2D eigenvalue weighted by molar-refractivity contribution is 0.604. The van der Waals surface area contributed by atoms with Gasteiger partial charge in [0.15, 0.2) is 0 Å². The molecule has 0 aliphatic carbocycles. The molecule has 0 aliphatic rings. The first-order valence-electron chi connectivity index (χ1n) is 4.15. The predicted molar refractivity (Wildman–Crippen MR) is 67.2 cm³/mol. The molecular formula is C11H8INO. The Bertz CT molecular complexity index is 499. The van der Waals surface area contributed by atoms with Crippen LogP contribution >= 0.6 is 22.6 Å². The van der Waals surface area contributed by atoms with Crippen molar-refractivity contribution in [2.75, 3.05) is 0 Å². The first-order chi connectivity index (χ1) is 6.86. The van der Waals surface area contributed by atoms with Crippen molar-refractivity contribution in [1.82, 2.24) is 0 Å². The summed E-state index contributed by atoms with van der Waals surface area (Å²) in [7, 11) is 0. The molecule has 2 nitrogen and oxygen atoms in total. The van der Waals surface area contributed by atoms with E-state index in [2.05, 4.69) is 22.6 Å². The van der Waals surface area contributed by atoms with Crippen LogP contribution in [0, 0.1) is 5.41 Å². The van der Waals surface area contributed by atoms with Gasteiger partial charge in [-0.3, -0.25) is 0 Å². The number of hydrogen-bond donors (Lipinski definition) is 1. The summed E-state index contributed by atoms with van der Waals surface area (Å²) in [6.45, 7) is 0. The minimum atomic E-state index is 0.746. The number of halogens is 1. The van der Waals surface area contributed by atoms with Crippen LogP contribution in [0.1, 0.15) is 11.3 Å². The number of fused-ring (bicyclic) bond motifs is 1. The van der Waals surface area contributed by atoms with Crippen LogP contribution in [0.15, 0.2) is 32.8 Å². The predicted octanol–water partition coefficient (Wildman–Crippen LogP) is 3.84. The first-order valence-corrected chi connectivity index (χ1v) is 5.40. The zero-order chi connectivity index (χ0) is 9.97. The van der Waals surface area contributed by atoms with E-state index in [4.69, 9.17) is 9.83 Å². The Labute approximate surface area is 95.3 Å². The molecule has 2 rings (SSSR count). The molecular weight excluding hydrogens is 289 g/mol. The van der Waals surface area contributed by atoms with Gasteiger partial charge in [-0.2, -0.15) is 0 Å². The van der Waals surface area contributed by atoms with Crippen LogP contribution in [0.25, 0.3) is 17.0 Å². The molecule has 1 aromatic carbocycles. The number of nitrogens with one attached hydrogen (secondary N) is 1. The molecule has 0 fully saturated rings. The van der Waals surface area contributed by atoms with Crippen molar-refractivity contribution in [3.05, 3.63) is 39.7 Å². The highest BCUT2D eigenvalue weighted by Gasteiger charge is 2.08. The highest BCUT2D eigenvalue weighted by Crippen LogP contribution is 2.25. The number of benzene rings is 1. The van der Waals surface area contributed by atoms with Crippen molar-refractivity contribution in [2.24, 2.45) is 0 Å². The van der Waals surface area contributed by atoms with Crippen molar-refractivity contribution < 1.29 is 4.42 Å². The van der Waals surface area contributed by atoms with Crippen molar-refractivity contribution in [3.8, 4) is 0 Å². The minimum Gasteiger partial charge on any atom is -0.456 e. The topological polar surface area (TPSA) is 37.0 Å². The van der Waals surface area contributed by atoms with E-state index in [0.29, 0.717) is 0 Å². The Morgan fingerprint density at radius 2 is 2.07 bits per heavy atom. The maximum Gasteiger partial charge on any atom is 0.137 e. The molecule has 2 aromatic rings. The Hall–Kier alpha value is -1.10. The van der Waals surface area contributed by atoms with Gasteiger partial charge in [-0.25, -0.2) is 0 Å². The number of para-hydroxylation sites is 1. The van der Waals surface area contributed by atoms with Gasteiger partial charge in [0, 0.05) is 17.2 Å². The molecule has 70 valence electrons. The molecule has 0 bridgehead atoms. The largest absolute Gasteiger partial charge is 0.456 e. The van der Waals surface area contributed by atoms with Gasteiger partial charge < -0.3 is 9.83 Å². The summed E-state index contributed by atoms with van der Waals surface area (Å²) in [6.07, 6.45) is 3.19. The summed E-state index contributed by atoms with van der Waals surface area (Å²) >= 11 is 2.13. The molecule has 0 saturated carbocycles. The van der Waals surface area contributed by atoms with Crippen molar-refractivity contribution in [2.45, 2.75) is 0 Å². The van der Waals surface area contributed by atoms with Crippen molar-refractivity contribution >= 4 is 45.9 Å². The second-order valence-electron chi connectivity index (χ2n) is 2.81. The summed E-state index contributed by atoms with van der Waals surface area (Å²) in [5, 5.41) is 8.33. The second-order valence-corrected chi connectivity index (χ2v) is 3.53. The fourth-order valence-corrected chi connectivity index (χ4v) is 1.74. The van der Waals surface area contributed by atoms with E-state index in [1.54, 1.807) is 0 Å². The molecule has 1 heterocycles. The summed E-state index contributed by atoms with van der Waals surface area (Å²) in [5.74, 6) is 0.746. The van der Waals surface area contributed by atoms with E-state index in [9.17, 15) is 0 Å². The smallest absolute Gasteiger partial charge is 0.137 e. The maximum absolute atomic E-state index is 7.34. The summed E-state index contributed by atoms with van der Waals surface area (Å²) in [4.78, 5) is 0. The molecule has 0 atom stereocenters. The van der Waals surface area contributed by atoms with E-state index in [1.165, 1.54) is 6.21 Å². The Kier molecular flexibility index (Phi) is 2.67. The summed E-state index contributed by atoms with van der Waals surface area (Å²) in [5.41, 5.74) is 1.67. The molecule has 3 heteroatoms.